The van der Waals surface area contributed by atoms with Crippen molar-refractivity contribution in [3.05, 3.63) is 146 Å². The zero-order valence-electron chi connectivity index (χ0n) is 22.3. The molecule has 0 aliphatic heterocycles. The van der Waals surface area contributed by atoms with E-state index in [1.165, 1.54) is 65.3 Å². The molecule has 0 saturated heterocycles. The van der Waals surface area contributed by atoms with Gasteiger partial charge in [-0.2, -0.15) is 0 Å². The lowest BCUT2D eigenvalue weighted by molar-refractivity contribution is 0.673. The summed E-state index contributed by atoms with van der Waals surface area (Å²) in [5.74, 6) is 0. The number of fused-ring (bicyclic) bond motifs is 10. The normalized spacial score (nSPS) is 11.9. The van der Waals surface area contributed by atoms with Gasteiger partial charge in [0.05, 0.1) is 0 Å². The van der Waals surface area contributed by atoms with E-state index in [1.807, 2.05) is 0 Å². The number of rotatable bonds is 2. The summed E-state index contributed by atoms with van der Waals surface area (Å²) in [7, 11) is 0. The first-order chi connectivity index (χ1) is 20.3. The largest absolute Gasteiger partial charge is 0.455 e. The maximum absolute atomic E-state index is 6.81. The molecule has 0 fully saturated rings. The molecule has 0 spiro atoms. The van der Waals surface area contributed by atoms with Crippen molar-refractivity contribution < 1.29 is 4.42 Å². The summed E-state index contributed by atoms with van der Waals surface area (Å²) in [6.45, 7) is 0. The van der Waals surface area contributed by atoms with Gasteiger partial charge in [-0.05, 0) is 90.3 Å². The van der Waals surface area contributed by atoms with Crippen molar-refractivity contribution in [1.82, 2.24) is 0 Å². The molecule has 9 aromatic rings. The van der Waals surface area contributed by atoms with E-state index in [9.17, 15) is 0 Å². The van der Waals surface area contributed by atoms with Crippen molar-refractivity contribution in [1.29, 1.82) is 0 Å². The number of benzene rings is 8. The second-order valence-electron chi connectivity index (χ2n) is 10.9. The second-order valence-corrected chi connectivity index (χ2v) is 10.9. The third-order valence-electron chi connectivity index (χ3n) is 8.61. The highest BCUT2D eigenvalue weighted by atomic mass is 16.3. The second kappa shape index (κ2) is 8.55. The molecule has 0 amide bonds. The minimum Gasteiger partial charge on any atom is -0.455 e. The van der Waals surface area contributed by atoms with Crippen molar-refractivity contribution in [3.8, 4) is 22.3 Å². The van der Waals surface area contributed by atoms with Gasteiger partial charge in [-0.15, -0.1) is 0 Å². The van der Waals surface area contributed by atoms with Crippen LogP contribution in [0.1, 0.15) is 0 Å². The monoisotopic (exact) mass is 520 g/mol. The van der Waals surface area contributed by atoms with E-state index >= 15 is 0 Å². The van der Waals surface area contributed by atoms with E-state index in [0.29, 0.717) is 0 Å². The molecular weight excluding hydrogens is 496 g/mol. The highest BCUT2D eigenvalue weighted by molar-refractivity contribution is 6.30. The Balaban J connectivity index is 1.36. The van der Waals surface area contributed by atoms with Crippen molar-refractivity contribution in [2.45, 2.75) is 0 Å². The first-order valence-electron chi connectivity index (χ1n) is 14.1. The third-order valence-corrected chi connectivity index (χ3v) is 8.61. The van der Waals surface area contributed by atoms with Crippen LogP contribution in [-0.2, 0) is 0 Å². The lowest BCUT2D eigenvalue weighted by Gasteiger charge is -2.12. The molecule has 0 bridgehead atoms. The van der Waals surface area contributed by atoms with Gasteiger partial charge in [0.2, 0.25) is 0 Å². The quantitative estimate of drug-likeness (QED) is 0.163. The minimum atomic E-state index is 0.916. The summed E-state index contributed by atoms with van der Waals surface area (Å²) in [6.07, 6.45) is 0. The predicted octanol–water partition coefficient (Wildman–Crippen LogP) is 11.5. The molecule has 9 rings (SSSR count). The van der Waals surface area contributed by atoms with Gasteiger partial charge in [0, 0.05) is 16.2 Å². The summed E-state index contributed by atoms with van der Waals surface area (Å²) in [5, 5.41) is 12.2. The van der Waals surface area contributed by atoms with Crippen LogP contribution in [0.15, 0.2) is 150 Å². The Morgan fingerprint density at radius 2 is 0.951 bits per heavy atom. The van der Waals surface area contributed by atoms with Gasteiger partial charge in [0.15, 0.2) is 0 Å². The standard InChI is InChI=1S/C40H24O/c1-2-10-25(11-3-1)26-18-20-34-36(23-26)32-16-8-9-17-33(32)39-35-21-19-29(24-37(35)41-40(34)39)38-30-14-6-4-12-27(30)22-28-13-5-7-15-31(28)38/h1-24H. The van der Waals surface area contributed by atoms with Crippen molar-refractivity contribution in [2.75, 3.05) is 0 Å². The summed E-state index contributed by atoms with van der Waals surface area (Å²) < 4.78 is 6.81. The van der Waals surface area contributed by atoms with Crippen LogP contribution in [0.5, 0.6) is 0 Å². The molecule has 0 aliphatic rings. The van der Waals surface area contributed by atoms with Crippen LogP contribution in [-0.4, -0.2) is 0 Å². The van der Waals surface area contributed by atoms with E-state index in [-0.39, 0.29) is 0 Å². The maximum Gasteiger partial charge on any atom is 0.143 e. The van der Waals surface area contributed by atoms with Crippen LogP contribution in [0, 0.1) is 0 Å². The Bertz CT molecular complexity index is 2410. The van der Waals surface area contributed by atoms with Crippen LogP contribution >= 0.6 is 0 Å². The van der Waals surface area contributed by atoms with Gasteiger partial charge in [0.25, 0.3) is 0 Å². The molecule has 190 valence electrons. The van der Waals surface area contributed by atoms with Gasteiger partial charge in [0.1, 0.15) is 11.2 Å². The molecule has 0 atom stereocenters. The smallest absolute Gasteiger partial charge is 0.143 e. The first-order valence-corrected chi connectivity index (χ1v) is 14.1. The Labute approximate surface area is 236 Å². The topological polar surface area (TPSA) is 13.1 Å². The average molecular weight is 521 g/mol. The predicted molar refractivity (Wildman–Crippen MR) is 175 cm³/mol. The maximum atomic E-state index is 6.81. The molecule has 0 N–H and O–H groups in total. The van der Waals surface area contributed by atoms with Gasteiger partial charge in [-0.25, -0.2) is 0 Å². The summed E-state index contributed by atoms with van der Waals surface area (Å²) in [5.41, 5.74) is 6.72. The zero-order valence-corrected chi connectivity index (χ0v) is 22.3. The molecule has 41 heavy (non-hydrogen) atoms. The zero-order chi connectivity index (χ0) is 26.9. The molecule has 0 unspecified atom stereocenters. The van der Waals surface area contributed by atoms with Crippen molar-refractivity contribution >= 4 is 65.0 Å². The fourth-order valence-electron chi connectivity index (χ4n) is 6.75. The Hall–Kier alpha value is -5.40. The van der Waals surface area contributed by atoms with Gasteiger partial charge >= 0.3 is 0 Å². The summed E-state index contributed by atoms with van der Waals surface area (Å²) in [4.78, 5) is 0. The van der Waals surface area contributed by atoms with E-state index < -0.39 is 0 Å². The molecule has 8 aromatic carbocycles. The van der Waals surface area contributed by atoms with Crippen LogP contribution < -0.4 is 0 Å². The van der Waals surface area contributed by atoms with Crippen LogP contribution in [0.2, 0.25) is 0 Å². The van der Waals surface area contributed by atoms with Crippen molar-refractivity contribution in [3.63, 3.8) is 0 Å². The molecule has 1 aromatic heterocycles. The molecule has 1 nitrogen and oxygen atoms in total. The Morgan fingerprint density at radius 1 is 0.341 bits per heavy atom. The lowest BCUT2D eigenvalue weighted by atomic mass is 9.91. The highest BCUT2D eigenvalue weighted by Gasteiger charge is 2.18. The Kier molecular flexibility index (Phi) is 4.67. The van der Waals surface area contributed by atoms with Crippen LogP contribution in [0.25, 0.3) is 87.3 Å². The Morgan fingerprint density at radius 3 is 1.71 bits per heavy atom. The SMILES string of the molecule is c1ccc(-c2ccc3c(c2)c2ccccc2c2c4ccc(-c5c6ccccc6cc6ccccc56)cc4oc32)cc1. The van der Waals surface area contributed by atoms with Gasteiger partial charge < -0.3 is 4.42 Å². The fourth-order valence-corrected chi connectivity index (χ4v) is 6.75. The molecule has 1 heterocycles. The molecule has 0 radical (unpaired) electrons. The molecule has 0 saturated carbocycles. The summed E-state index contributed by atoms with van der Waals surface area (Å²) >= 11 is 0. The number of hydrogen-bond donors (Lipinski definition) is 0. The minimum absolute atomic E-state index is 0.916. The van der Waals surface area contributed by atoms with Crippen LogP contribution in [0.4, 0.5) is 0 Å². The first kappa shape index (κ1) is 22.4. The van der Waals surface area contributed by atoms with E-state index in [2.05, 4.69) is 146 Å². The van der Waals surface area contributed by atoms with Crippen molar-refractivity contribution in [2.24, 2.45) is 0 Å². The van der Waals surface area contributed by atoms with E-state index in [1.54, 1.807) is 0 Å². The van der Waals surface area contributed by atoms with E-state index in [0.717, 1.165) is 21.9 Å². The molecule has 1 heteroatoms. The van der Waals surface area contributed by atoms with E-state index in [4.69, 9.17) is 4.42 Å². The highest BCUT2D eigenvalue weighted by Crippen LogP contribution is 2.44. The average Bonchev–Trinajstić information content (AvgIpc) is 3.43. The third kappa shape index (κ3) is 3.30. The number of hydrogen-bond acceptors (Lipinski definition) is 1. The number of furan rings is 1. The van der Waals surface area contributed by atoms with Gasteiger partial charge in [-0.3, -0.25) is 0 Å². The molecular formula is C40H24O. The fraction of sp³-hybridized carbons (Fsp3) is 0. The molecule has 0 aliphatic carbocycles. The lowest BCUT2D eigenvalue weighted by Crippen LogP contribution is -1.85. The van der Waals surface area contributed by atoms with Crippen LogP contribution in [0.3, 0.4) is 0 Å². The summed E-state index contributed by atoms with van der Waals surface area (Å²) in [6, 6.07) is 52.5. The van der Waals surface area contributed by atoms with Gasteiger partial charge in [-0.1, -0.05) is 115 Å².